The van der Waals surface area contributed by atoms with Gasteiger partial charge < -0.3 is 4.98 Å². The zero-order chi connectivity index (χ0) is 17.5. The van der Waals surface area contributed by atoms with Gasteiger partial charge in [0.25, 0.3) is 0 Å². The van der Waals surface area contributed by atoms with Gasteiger partial charge in [0.05, 0.1) is 5.69 Å². The molecular formula is C22H22N4. The maximum absolute atomic E-state index is 4.45. The van der Waals surface area contributed by atoms with Crippen LogP contribution in [0.15, 0.2) is 48.5 Å². The Balaban J connectivity index is 1.57. The van der Waals surface area contributed by atoms with E-state index in [0.29, 0.717) is 5.92 Å². The Morgan fingerprint density at radius 1 is 1.08 bits per heavy atom. The first-order chi connectivity index (χ1) is 12.8. The second kappa shape index (κ2) is 6.13. The van der Waals surface area contributed by atoms with Gasteiger partial charge in [-0.2, -0.15) is 15.4 Å². The predicted molar refractivity (Wildman–Crippen MR) is 104 cm³/mol. The van der Waals surface area contributed by atoms with Gasteiger partial charge in [-0.05, 0) is 48.4 Å². The van der Waals surface area contributed by atoms with Crippen LogP contribution in [0.25, 0.3) is 22.2 Å². The molecule has 4 heteroatoms. The monoisotopic (exact) mass is 342 g/mol. The molecule has 0 amide bonds. The fourth-order valence-electron chi connectivity index (χ4n) is 4.23. The molecular weight excluding hydrogens is 320 g/mol. The van der Waals surface area contributed by atoms with E-state index in [-0.39, 0.29) is 0 Å². The number of aryl methyl sites for hydroxylation is 1. The number of benzene rings is 2. The van der Waals surface area contributed by atoms with E-state index in [1.165, 1.54) is 47.0 Å². The van der Waals surface area contributed by atoms with Crippen molar-refractivity contribution < 1.29 is 0 Å². The summed E-state index contributed by atoms with van der Waals surface area (Å²) >= 11 is 0. The molecule has 0 spiro atoms. The van der Waals surface area contributed by atoms with Crippen LogP contribution in [0, 0.1) is 0 Å². The van der Waals surface area contributed by atoms with Crippen molar-refractivity contribution >= 4 is 10.9 Å². The van der Waals surface area contributed by atoms with Crippen molar-refractivity contribution in [2.24, 2.45) is 0 Å². The van der Waals surface area contributed by atoms with Crippen LogP contribution in [0.5, 0.6) is 0 Å². The van der Waals surface area contributed by atoms with Gasteiger partial charge in [-0.15, -0.1) is 0 Å². The fraction of sp³-hybridized carbons (Fsp3) is 0.273. The average molecular weight is 342 g/mol. The molecule has 1 aliphatic rings. The topological polar surface area (TPSA) is 57.4 Å². The van der Waals surface area contributed by atoms with Crippen LogP contribution >= 0.6 is 0 Å². The summed E-state index contributed by atoms with van der Waals surface area (Å²) in [6.45, 7) is 2.32. The minimum Gasteiger partial charge on any atom is -0.358 e. The van der Waals surface area contributed by atoms with Crippen LogP contribution in [0.3, 0.4) is 0 Å². The minimum absolute atomic E-state index is 0.621. The number of hydrogen-bond donors (Lipinski definition) is 2. The molecule has 1 aliphatic carbocycles. The number of nitrogens with zero attached hydrogens (tertiary/aromatic N) is 2. The lowest BCUT2D eigenvalue weighted by molar-refractivity contribution is 0.582. The van der Waals surface area contributed by atoms with Gasteiger partial charge in [0, 0.05) is 28.6 Å². The van der Waals surface area contributed by atoms with Crippen LogP contribution in [0.4, 0.5) is 0 Å². The maximum Gasteiger partial charge on any atom is 0.116 e. The molecule has 5 rings (SSSR count). The Kier molecular flexibility index (Phi) is 3.63. The molecule has 0 bridgehead atoms. The summed E-state index contributed by atoms with van der Waals surface area (Å²) in [5, 5.41) is 13.0. The molecule has 26 heavy (non-hydrogen) atoms. The van der Waals surface area contributed by atoms with Crippen LogP contribution in [-0.2, 0) is 12.8 Å². The van der Waals surface area contributed by atoms with E-state index in [1.807, 2.05) is 6.07 Å². The Hall–Kier alpha value is -2.88. The van der Waals surface area contributed by atoms with Gasteiger partial charge in [-0.3, -0.25) is 0 Å². The average Bonchev–Trinajstić information content (AvgIpc) is 3.27. The van der Waals surface area contributed by atoms with Crippen molar-refractivity contribution in [2.45, 2.75) is 38.5 Å². The molecule has 4 nitrogen and oxygen atoms in total. The highest BCUT2D eigenvalue weighted by Crippen LogP contribution is 2.37. The smallest absolute Gasteiger partial charge is 0.116 e. The third-order valence-electron chi connectivity index (χ3n) is 5.60. The Morgan fingerprint density at radius 2 is 1.96 bits per heavy atom. The molecule has 4 aromatic rings. The largest absolute Gasteiger partial charge is 0.358 e. The third kappa shape index (κ3) is 2.53. The Morgan fingerprint density at radius 3 is 2.85 bits per heavy atom. The number of rotatable bonds is 3. The molecule has 130 valence electrons. The second-order valence-electron chi connectivity index (χ2n) is 7.35. The number of hydrogen-bond acceptors (Lipinski definition) is 2. The molecule has 1 atom stereocenters. The van der Waals surface area contributed by atoms with Crippen molar-refractivity contribution in [3.8, 4) is 11.3 Å². The van der Waals surface area contributed by atoms with E-state index in [9.17, 15) is 0 Å². The van der Waals surface area contributed by atoms with Gasteiger partial charge in [0.1, 0.15) is 5.69 Å². The van der Waals surface area contributed by atoms with Gasteiger partial charge in [0.15, 0.2) is 0 Å². The highest BCUT2D eigenvalue weighted by Gasteiger charge is 2.21. The van der Waals surface area contributed by atoms with Crippen LogP contribution in [0.1, 0.15) is 48.2 Å². The lowest BCUT2D eigenvalue weighted by Crippen LogP contribution is -2.05. The molecule has 0 saturated heterocycles. The van der Waals surface area contributed by atoms with Crippen LogP contribution < -0.4 is 0 Å². The zero-order valence-electron chi connectivity index (χ0n) is 14.9. The van der Waals surface area contributed by atoms with Crippen molar-refractivity contribution in [1.82, 2.24) is 20.4 Å². The highest BCUT2D eigenvalue weighted by molar-refractivity contribution is 5.89. The van der Waals surface area contributed by atoms with Gasteiger partial charge >= 0.3 is 0 Å². The standard InChI is InChI=1S/C22H22N4/c1-14-6-5-9-17-18-13-16(10-11-19(18)23-21(14)17)22-20(24-26-25-22)12-15-7-3-2-4-8-15/h2-4,7-8,10-11,13-14,23H,5-6,9,12H2,1H3,(H,24,25,26). The summed E-state index contributed by atoms with van der Waals surface area (Å²) in [4.78, 5) is 3.65. The second-order valence-corrected chi connectivity index (χ2v) is 7.35. The normalized spacial score (nSPS) is 16.7. The zero-order valence-corrected chi connectivity index (χ0v) is 14.9. The summed E-state index contributed by atoms with van der Waals surface area (Å²) < 4.78 is 0. The summed E-state index contributed by atoms with van der Waals surface area (Å²) in [7, 11) is 0. The lowest BCUT2D eigenvalue weighted by Gasteiger charge is -2.18. The molecule has 0 fully saturated rings. The molecule has 0 aliphatic heterocycles. The van der Waals surface area contributed by atoms with E-state index in [4.69, 9.17) is 0 Å². The summed E-state index contributed by atoms with van der Waals surface area (Å²) in [5.41, 5.74) is 8.49. The van der Waals surface area contributed by atoms with E-state index in [1.54, 1.807) is 0 Å². The molecule has 0 saturated carbocycles. The maximum atomic E-state index is 4.45. The number of H-pyrrole nitrogens is 2. The van der Waals surface area contributed by atoms with Crippen molar-refractivity contribution in [2.75, 3.05) is 0 Å². The predicted octanol–water partition coefficient (Wildman–Crippen LogP) is 4.98. The molecule has 2 heterocycles. The Labute approximate surface area is 152 Å². The van der Waals surface area contributed by atoms with Crippen LogP contribution in [-0.4, -0.2) is 20.4 Å². The highest BCUT2D eigenvalue weighted by atomic mass is 15.3. The summed E-state index contributed by atoms with van der Waals surface area (Å²) in [5.74, 6) is 0.621. The first kappa shape index (κ1) is 15.4. The minimum atomic E-state index is 0.621. The molecule has 2 aromatic carbocycles. The van der Waals surface area contributed by atoms with Crippen molar-refractivity contribution in [3.63, 3.8) is 0 Å². The van der Waals surface area contributed by atoms with Gasteiger partial charge in [-0.25, -0.2) is 0 Å². The number of aromatic nitrogens is 4. The van der Waals surface area contributed by atoms with Crippen molar-refractivity contribution in [1.29, 1.82) is 0 Å². The fourth-order valence-corrected chi connectivity index (χ4v) is 4.23. The van der Waals surface area contributed by atoms with Crippen molar-refractivity contribution in [3.05, 3.63) is 71.0 Å². The molecule has 2 N–H and O–H groups in total. The molecule has 2 aromatic heterocycles. The molecule has 0 radical (unpaired) electrons. The van der Waals surface area contributed by atoms with Crippen LogP contribution in [0.2, 0.25) is 0 Å². The summed E-state index contributed by atoms with van der Waals surface area (Å²) in [6, 6.07) is 17.1. The quantitative estimate of drug-likeness (QED) is 0.551. The number of nitrogens with one attached hydrogen (secondary N) is 2. The number of aromatic amines is 2. The van der Waals surface area contributed by atoms with Gasteiger partial charge in [-0.1, -0.05) is 43.3 Å². The SMILES string of the molecule is CC1CCCc2c1[nH]c1ccc(-c3n[nH]nc3Cc3ccccc3)cc21. The van der Waals surface area contributed by atoms with Gasteiger partial charge in [0.2, 0.25) is 0 Å². The third-order valence-corrected chi connectivity index (χ3v) is 5.60. The first-order valence-corrected chi connectivity index (χ1v) is 9.38. The van der Waals surface area contributed by atoms with E-state index in [2.05, 4.69) is 69.8 Å². The summed E-state index contributed by atoms with van der Waals surface area (Å²) in [6.07, 6.45) is 4.50. The van der Waals surface area contributed by atoms with E-state index in [0.717, 1.165) is 23.4 Å². The van der Waals surface area contributed by atoms with E-state index < -0.39 is 0 Å². The Bertz CT molecular complexity index is 1060. The van der Waals surface area contributed by atoms with E-state index >= 15 is 0 Å². The molecule has 1 unspecified atom stereocenters. The number of fused-ring (bicyclic) bond motifs is 3. The lowest BCUT2D eigenvalue weighted by atomic mass is 9.88. The first-order valence-electron chi connectivity index (χ1n) is 9.38.